The fourth-order valence-electron chi connectivity index (χ4n) is 4.16. The number of ether oxygens (including phenoxy) is 1. The Kier molecular flexibility index (Phi) is 6.95. The molecule has 0 bridgehead atoms. The lowest BCUT2D eigenvalue weighted by atomic mass is 9.98. The van der Waals surface area contributed by atoms with Gasteiger partial charge < -0.3 is 9.84 Å². The average molecular weight is 531 g/mol. The molecule has 0 radical (unpaired) electrons. The van der Waals surface area contributed by atoms with Crippen molar-refractivity contribution in [1.82, 2.24) is 4.98 Å². The molecule has 1 saturated heterocycles. The Labute approximate surface area is 223 Å². The van der Waals surface area contributed by atoms with Crippen LogP contribution in [0.2, 0.25) is 10.0 Å². The molecular weight excluding hydrogens is 511 g/mol. The number of hydrogen-bond donors (Lipinski definition) is 1. The molecule has 5 rings (SSSR count). The van der Waals surface area contributed by atoms with E-state index in [9.17, 15) is 14.7 Å². The number of hydrogen-bond acceptors (Lipinski definition) is 5. The van der Waals surface area contributed by atoms with E-state index in [1.807, 2.05) is 30.3 Å². The second kappa shape index (κ2) is 10.5. The van der Waals surface area contributed by atoms with Crippen molar-refractivity contribution < 1.29 is 19.4 Å². The Morgan fingerprint density at radius 3 is 2.30 bits per heavy atom. The Morgan fingerprint density at radius 2 is 1.62 bits per heavy atom. The standard InChI is InChI=1S/C29H20Cl2N2O4/c30-22-14-9-19(16-23(22)31)27(34)25-26(24-8-4-5-15-32-24)33(29(36)28(25)35)20-10-12-21(13-11-20)37-17-18-6-2-1-3-7-18/h1-16,26,34H,17H2/b27-25-. The van der Waals surface area contributed by atoms with E-state index < -0.39 is 17.7 Å². The van der Waals surface area contributed by atoms with Crippen LogP contribution >= 0.6 is 23.2 Å². The molecule has 1 amide bonds. The van der Waals surface area contributed by atoms with E-state index in [4.69, 9.17) is 27.9 Å². The number of aromatic nitrogens is 1. The summed E-state index contributed by atoms with van der Waals surface area (Å²) in [7, 11) is 0. The first-order valence-electron chi connectivity index (χ1n) is 11.4. The summed E-state index contributed by atoms with van der Waals surface area (Å²) in [6.45, 7) is 0.391. The molecular formula is C29H20Cl2N2O4. The molecule has 37 heavy (non-hydrogen) atoms. The zero-order chi connectivity index (χ0) is 25.9. The lowest BCUT2D eigenvalue weighted by molar-refractivity contribution is -0.132. The van der Waals surface area contributed by atoms with Gasteiger partial charge in [-0.05, 0) is 60.2 Å². The largest absolute Gasteiger partial charge is 0.507 e. The van der Waals surface area contributed by atoms with Crippen molar-refractivity contribution in [1.29, 1.82) is 0 Å². The summed E-state index contributed by atoms with van der Waals surface area (Å²) in [4.78, 5) is 32.2. The highest BCUT2D eigenvalue weighted by atomic mass is 35.5. The summed E-state index contributed by atoms with van der Waals surface area (Å²) < 4.78 is 5.85. The van der Waals surface area contributed by atoms with Crippen LogP contribution in [0.4, 0.5) is 5.69 Å². The van der Waals surface area contributed by atoms with E-state index in [-0.39, 0.29) is 21.9 Å². The first-order chi connectivity index (χ1) is 17.9. The van der Waals surface area contributed by atoms with Gasteiger partial charge in [-0.1, -0.05) is 59.6 Å². The Balaban J connectivity index is 1.53. The first kappa shape index (κ1) is 24.6. The number of pyridine rings is 1. The molecule has 1 N–H and O–H groups in total. The van der Waals surface area contributed by atoms with Crippen LogP contribution in [0.5, 0.6) is 5.75 Å². The van der Waals surface area contributed by atoms with Gasteiger partial charge in [0, 0.05) is 17.4 Å². The third kappa shape index (κ3) is 4.94. The number of rotatable bonds is 6. The number of benzene rings is 3. The number of Topliss-reactive ketones (excluding diaryl/α,β-unsaturated/α-hetero) is 1. The highest BCUT2D eigenvalue weighted by Gasteiger charge is 2.47. The molecule has 3 aromatic carbocycles. The fraction of sp³-hybridized carbons (Fsp3) is 0.0690. The maximum Gasteiger partial charge on any atom is 0.300 e. The minimum Gasteiger partial charge on any atom is -0.507 e. The molecule has 6 nitrogen and oxygen atoms in total. The maximum absolute atomic E-state index is 13.3. The average Bonchev–Trinajstić information content (AvgIpc) is 3.20. The van der Waals surface area contributed by atoms with E-state index in [0.717, 1.165) is 5.56 Å². The summed E-state index contributed by atoms with van der Waals surface area (Å²) in [5.41, 5.74) is 2.07. The number of halogens is 2. The summed E-state index contributed by atoms with van der Waals surface area (Å²) in [6, 6.07) is 25.3. The second-order valence-electron chi connectivity index (χ2n) is 8.32. The van der Waals surface area contributed by atoms with E-state index in [1.54, 1.807) is 48.7 Å². The highest BCUT2D eigenvalue weighted by Crippen LogP contribution is 2.42. The topological polar surface area (TPSA) is 79.7 Å². The number of ketones is 1. The van der Waals surface area contributed by atoms with Crippen LogP contribution in [0, 0.1) is 0 Å². The molecule has 8 heteroatoms. The second-order valence-corrected chi connectivity index (χ2v) is 9.14. The third-order valence-corrected chi connectivity index (χ3v) is 6.71. The van der Waals surface area contributed by atoms with Crippen LogP contribution in [-0.4, -0.2) is 21.8 Å². The summed E-state index contributed by atoms with van der Waals surface area (Å²) >= 11 is 12.2. The summed E-state index contributed by atoms with van der Waals surface area (Å²) in [5, 5.41) is 11.7. The molecule has 1 aliphatic heterocycles. The normalized spacial score (nSPS) is 16.7. The number of aliphatic hydroxyl groups excluding tert-OH is 1. The smallest absolute Gasteiger partial charge is 0.300 e. The lowest BCUT2D eigenvalue weighted by Crippen LogP contribution is -2.29. The highest BCUT2D eigenvalue weighted by molar-refractivity contribution is 6.51. The van der Waals surface area contributed by atoms with Crippen LogP contribution < -0.4 is 9.64 Å². The molecule has 2 heterocycles. The maximum atomic E-state index is 13.3. The van der Waals surface area contributed by atoms with Crippen molar-refractivity contribution in [2.45, 2.75) is 12.6 Å². The van der Waals surface area contributed by atoms with Gasteiger partial charge in [0.25, 0.3) is 11.7 Å². The van der Waals surface area contributed by atoms with Crippen molar-refractivity contribution in [2.24, 2.45) is 0 Å². The Hall–Kier alpha value is -4.13. The van der Waals surface area contributed by atoms with E-state index >= 15 is 0 Å². The lowest BCUT2D eigenvalue weighted by Gasteiger charge is -2.24. The summed E-state index contributed by atoms with van der Waals surface area (Å²) in [5.74, 6) is -1.37. The molecule has 1 aliphatic rings. The molecule has 1 fully saturated rings. The minimum atomic E-state index is -0.952. The van der Waals surface area contributed by atoms with Gasteiger partial charge >= 0.3 is 0 Å². The molecule has 4 aromatic rings. The van der Waals surface area contributed by atoms with Crippen molar-refractivity contribution in [2.75, 3.05) is 4.90 Å². The van der Waals surface area contributed by atoms with Gasteiger partial charge in [-0.15, -0.1) is 0 Å². The van der Waals surface area contributed by atoms with E-state index in [0.29, 0.717) is 28.8 Å². The van der Waals surface area contributed by atoms with Crippen LogP contribution in [0.3, 0.4) is 0 Å². The van der Waals surface area contributed by atoms with Crippen molar-refractivity contribution >= 4 is 46.3 Å². The van der Waals surface area contributed by atoms with Crippen molar-refractivity contribution in [3.8, 4) is 5.75 Å². The molecule has 184 valence electrons. The quantitative estimate of drug-likeness (QED) is 0.172. The number of nitrogens with zero attached hydrogens (tertiary/aromatic N) is 2. The van der Waals surface area contributed by atoms with Gasteiger partial charge in [-0.2, -0.15) is 0 Å². The Bertz CT molecular complexity index is 1490. The van der Waals surface area contributed by atoms with Crippen LogP contribution in [0.25, 0.3) is 5.76 Å². The molecule has 0 spiro atoms. The van der Waals surface area contributed by atoms with Gasteiger partial charge in [0.1, 0.15) is 24.2 Å². The number of carbonyl (C=O) groups is 2. The number of anilines is 1. The van der Waals surface area contributed by atoms with Crippen molar-refractivity contribution in [3.05, 3.63) is 130 Å². The van der Waals surface area contributed by atoms with Crippen molar-refractivity contribution in [3.63, 3.8) is 0 Å². The van der Waals surface area contributed by atoms with Gasteiger partial charge in [0.2, 0.25) is 0 Å². The number of amides is 1. The van der Waals surface area contributed by atoms with Gasteiger partial charge in [0.05, 0.1) is 21.3 Å². The molecule has 0 saturated carbocycles. The fourth-order valence-corrected chi connectivity index (χ4v) is 4.46. The first-order valence-corrected chi connectivity index (χ1v) is 12.1. The Morgan fingerprint density at radius 1 is 0.892 bits per heavy atom. The molecule has 1 aromatic heterocycles. The summed E-state index contributed by atoms with van der Waals surface area (Å²) in [6.07, 6.45) is 1.56. The van der Waals surface area contributed by atoms with Crippen LogP contribution in [0.15, 0.2) is 103 Å². The zero-order valence-electron chi connectivity index (χ0n) is 19.3. The van der Waals surface area contributed by atoms with E-state index in [1.165, 1.54) is 23.1 Å². The predicted octanol–water partition coefficient (Wildman–Crippen LogP) is 6.59. The van der Waals surface area contributed by atoms with Crippen LogP contribution in [-0.2, 0) is 16.2 Å². The number of aliphatic hydroxyl groups is 1. The van der Waals surface area contributed by atoms with Gasteiger partial charge in [0.15, 0.2) is 0 Å². The SMILES string of the molecule is O=C1C(=O)N(c2ccc(OCc3ccccc3)cc2)C(c2ccccn2)/C1=C(/O)c1ccc(Cl)c(Cl)c1. The minimum absolute atomic E-state index is 0.0912. The molecule has 1 atom stereocenters. The predicted molar refractivity (Wildman–Crippen MR) is 143 cm³/mol. The monoisotopic (exact) mass is 530 g/mol. The van der Waals surface area contributed by atoms with Gasteiger partial charge in [-0.3, -0.25) is 19.5 Å². The zero-order valence-corrected chi connectivity index (χ0v) is 20.9. The van der Waals surface area contributed by atoms with E-state index in [2.05, 4.69) is 4.98 Å². The molecule has 0 aliphatic carbocycles. The number of carbonyl (C=O) groups excluding carboxylic acids is 2. The van der Waals surface area contributed by atoms with Gasteiger partial charge in [-0.25, -0.2) is 0 Å². The molecule has 1 unspecified atom stereocenters. The van der Waals surface area contributed by atoms with Crippen LogP contribution in [0.1, 0.15) is 22.9 Å². The third-order valence-electron chi connectivity index (χ3n) is 5.97.